The van der Waals surface area contributed by atoms with Crippen LogP contribution in [-0.4, -0.2) is 26.2 Å². The molecule has 0 amide bonds. The summed E-state index contributed by atoms with van der Waals surface area (Å²) >= 11 is 3.08. The molecular weight excluding hydrogens is 278 g/mol. The molecule has 1 aliphatic rings. The monoisotopic (exact) mass is 290 g/mol. The zero-order valence-electron chi connectivity index (χ0n) is 8.93. The van der Waals surface area contributed by atoms with Gasteiger partial charge >= 0.3 is 0 Å². The van der Waals surface area contributed by atoms with Crippen molar-refractivity contribution in [3.05, 3.63) is 28.2 Å². The maximum absolute atomic E-state index is 13.6. The largest absolute Gasteiger partial charge is 0.368 e. The van der Waals surface area contributed by atoms with Crippen LogP contribution in [0.5, 0.6) is 0 Å². The van der Waals surface area contributed by atoms with E-state index in [0.29, 0.717) is 16.2 Å². The van der Waals surface area contributed by atoms with Gasteiger partial charge in [0.1, 0.15) is 11.6 Å². The molecule has 0 saturated carbocycles. The predicted molar refractivity (Wildman–Crippen MR) is 63.7 cm³/mol. The summed E-state index contributed by atoms with van der Waals surface area (Å²) in [4.78, 5) is 1.93. The van der Waals surface area contributed by atoms with Crippen molar-refractivity contribution in [1.29, 1.82) is 0 Å². The molecule has 1 aromatic rings. The third-order valence-electron chi connectivity index (χ3n) is 2.93. The summed E-state index contributed by atoms with van der Waals surface area (Å²) in [5, 5.41) is 3.16. The number of nitrogens with zero attached hydrogens (tertiary/aromatic N) is 1. The molecule has 1 N–H and O–H groups in total. The van der Waals surface area contributed by atoms with E-state index in [4.69, 9.17) is 0 Å². The van der Waals surface area contributed by atoms with Crippen LogP contribution in [0, 0.1) is 11.6 Å². The van der Waals surface area contributed by atoms with Gasteiger partial charge in [0, 0.05) is 25.2 Å². The molecule has 16 heavy (non-hydrogen) atoms. The average Bonchev–Trinajstić information content (AvgIpc) is 2.71. The van der Waals surface area contributed by atoms with Crippen molar-refractivity contribution in [2.75, 3.05) is 25.0 Å². The lowest BCUT2D eigenvalue weighted by atomic mass is 10.2. The van der Waals surface area contributed by atoms with E-state index in [1.807, 2.05) is 11.9 Å². The van der Waals surface area contributed by atoms with Gasteiger partial charge in [-0.3, -0.25) is 0 Å². The molecule has 1 aromatic carbocycles. The van der Waals surface area contributed by atoms with Crippen LogP contribution in [0.3, 0.4) is 0 Å². The van der Waals surface area contributed by atoms with Gasteiger partial charge in [-0.2, -0.15) is 0 Å². The van der Waals surface area contributed by atoms with Gasteiger partial charge in [-0.05, 0) is 35.5 Å². The quantitative estimate of drug-likeness (QED) is 0.842. The van der Waals surface area contributed by atoms with Gasteiger partial charge in [0.15, 0.2) is 0 Å². The summed E-state index contributed by atoms with van der Waals surface area (Å²) in [6, 6.07) is 2.80. The van der Waals surface area contributed by atoms with Gasteiger partial charge < -0.3 is 10.2 Å². The fourth-order valence-electron chi connectivity index (χ4n) is 1.97. The second-order valence-corrected chi connectivity index (χ2v) is 4.79. The topological polar surface area (TPSA) is 15.3 Å². The Balaban J connectivity index is 2.24. The molecule has 2 rings (SSSR count). The highest BCUT2D eigenvalue weighted by Crippen LogP contribution is 2.28. The maximum Gasteiger partial charge on any atom is 0.149 e. The fraction of sp³-hybridized carbons (Fsp3) is 0.455. The van der Waals surface area contributed by atoms with Crippen molar-refractivity contribution in [2.24, 2.45) is 0 Å². The third-order valence-corrected chi connectivity index (χ3v) is 3.53. The molecule has 88 valence electrons. The Bertz CT molecular complexity index is 398. The lowest BCUT2D eigenvalue weighted by Crippen LogP contribution is -2.29. The summed E-state index contributed by atoms with van der Waals surface area (Å²) in [7, 11) is 1.89. The van der Waals surface area contributed by atoms with Crippen LogP contribution in [0.25, 0.3) is 0 Å². The lowest BCUT2D eigenvalue weighted by Gasteiger charge is -2.19. The number of hydrogen-bond acceptors (Lipinski definition) is 2. The molecule has 0 bridgehead atoms. The van der Waals surface area contributed by atoms with Crippen LogP contribution >= 0.6 is 15.9 Å². The smallest absolute Gasteiger partial charge is 0.149 e. The van der Waals surface area contributed by atoms with Gasteiger partial charge in [-0.25, -0.2) is 8.78 Å². The normalized spacial score (nSPS) is 20.5. The van der Waals surface area contributed by atoms with E-state index < -0.39 is 11.6 Å². The van der Waals surface area contributed by atoms with E-state index >= 15 is 0 Å². The molecule has 0 aliphatic carbocycles. The molecule has 1 unspecified atom stereocenters. The van der Waals surface area contributed by atoms with Crippen LogP contribution in [-0.2, 0) is 0 Å². The lowest BCUT2D eigenvalue weighted by molar-refractivity contribution is 0.575. The predicted octanol–water partition coefficient (Wildman–Crippen LogP) is 2.53. The van der Waals surface area contributed by atoms with Crippen molar-refractivity contribution in [2.45, 2.75) is 12.5 Å². The molecule has 1 aliphatic heterocycles. The summed E-state index contributed by atoms with van der Waals surface area (Å²) in [6.07, 6.45) is 0.977. The van der Waals surface area contributed by atoms with E-state index in [0.717, 1.165) is 25.6 Å². The van der Waals surface area contributed by atoms with Crippen molar-refractivity contribution in [3.63, 3.8) is 0 Å². The second-order valence-electron chi connectivity index (χ2n) is 3.94. The van der Waals surface area contributed by atoms with Crippen LogP contribution < -0.4 is 10.2 Å². The molecule has 0 aromatic heterocycles. The van der Waals surface area contributed by atoms with Gasteiger partial charge in [-0.1, -0.05) is 0 Å². The Morgan fingerprint density at radius 3 is 2.75 bits per heavy atom. The van der Waals surface area contributed by atoms with E-state index in [-0.39, 0.29) is 0 Å². The van der Waals surface area contributed by atoms with Crippen LogP contribution in [0.1, 0.15) is 6.42 Å². The Morgan fingerprint density at radius 1 is 1.38 bits per heavy atom. The van der Waals surface area contributed by atoms with Crippen LogP contribution in [0.15, 0.2) is 16.6 Å². The van der Waals surface area contributed by atoms with E-state index in [9.17, 15) is 8.78 Å². The summed E-state index contributed by atoms with van der Waals surface area (Å²) in [5.74, 6) is -1.07. The van der Waals surface area contributed by atoms with Gasteiger partial charge in [-0.15, -0.1) is 0 Å². The number of benzene rings is 1. The molecule has 0 radical (unpaired) electrons. The molecule has 1 fully saturated rings. The first-order chi connectivity index (χ1) is 7.61. The highest BCUT2D eigenvalue weighted by molar-refractivity contribution is 9.10. The molecule has 1 heterocycles. The minimum absolute atomic E-state index is 0.303. The minimum Gasteiger partial charge on any atom is -0.368 e. The van der Waals surface area contributed by atoms with E-state index in [1.54, 1.807) is 0 Å². The first-order valence-corrected chi connectivity index (χ1v) is 5.98. The zero-order chi connectivity index (χ0) is 11.7. The van der Waals surface area contributed by atoms with Gasteiger partial charge in [0.05, 0.1) is 10.2 Å². The first kappa shape index (κ1) is 11.8. The Kier molecular flexibility index (Phi) is 3.44. The Morgan fingerprint density at radius 2 is 2.12 bits per heavy atom. The number of anilines is 1. The molecule has 5 heteroatoms. The molecular formula is C11H13BrF2N2. The summed E-state index contributed by atoms with van der Waals surface area (Å²) in [5.41, 5.74) is 0.464. The van der Waals surface area contributed by atoms with Crippen molar-refractivity contribution >= 4 is 21.6 Å². The van der Waals surface area contributed by atoms with Crippen LogP contribution in [0.4, 0.5) is 14.5 Å². The molecule has 2 nitrogen and oxygen atoms in total. The Hall–Kier alpha value is -0.680. The molecule has 1 atom stereocenters. The third kappa shape index (κ3) is 2.20. The van der Waals surface area contributed by atoms with Gasteiger partial charge in [0.25, 0.3) is 0 Å². The van der Waals surface area contributed by atoms with Crippen molar-refractivity contribution < 1.29 is 8.78 Å². The average molecular weight is 291 g/mol. The molecule has 0 spiro atoms. The number of rotatable bonds is 2. The highest BCUT2D eigenvalue weighted by Gasteiger charge is 2.24. The number of hydrogen-bond donors (Lipinski definition) is 1. The fourth-order valence-corrected chi connectivity index (χ4v) is 2.30. The standard InChI is InChI=1S/C11H13BrF2N2/c1-15-7-2-3-16(6-7)11-4-8(12)9(13)5-10(11)14/h4-5,7,15H,2-3,6H2,1H3. The maximum atomic E-state index is 13.6. The summed E-state index contributed by atoms with van der Waals surface area (Å²) < 4.78 is 27.0. The first-order valence-electron chi connectivity index (χ1n) is 5.18. The van der Waals surface area contributed by atoms with Gasteiger partial charge in [0.2, 0.25) is 0 Å². The zero-order valence-corrected chi connectivity index (χ0v) is 10.5. The van der Waals surface area contributed by atoms with E-state index in [1.165, 1.54) is 6.07 Å². The van der Waals surface area contributed by atoms with Crippen molar-refractivity contribution in [1.82, 2.24) is 5.32 Å². The minimum atomic E-state index is -0.564. The van der Waals surface area contributed by atoms with Crippen LogP contribution in [0.2, 0.25) is 0 Å². The molecule has 1 saturated heterocycles. The Labute approximate surface area is 102 Å². The number of halogens is 3. The second kappa shape index (κ2) is 4.67. The highest BCUT2D eigenvalue weighted by atomic mass is 79.9. The summed E-state index contributed by atoms with van der Waals surface area (Å²) in [6.45, 7) is 1.55. The SMILES string of the molecule is CNC1CCN(c2cc(Br)c(F)cc2F)C1. The number of nitrogens with one attached hydrogen (secondary N) is 1. The van der Waals surface area contributed by atoms with Crippen molar-refractivity contribution in [3.8, 4) is 0 Å². The van der Waals surface area contributed by atoms with E-state index in [2.05, 4.69) is 21.2 Å². The number of likely N-dealkylation sites (N-methyl/N-ethyl adjacent to an activating group) is 1.